The molecule has 0 aromatic heterocycles. The Balaban J connectivity index is 2.59. The molecule has 0 heterocycles. The lowest BCUT2D eigenvalue weighted by Gasteiger charge is -2.23. The Kier molecular flexibility index (Phi) is 6.56. The lowest BCUT2D eigenvalue weighted by Crippen LogP contribution is -2.42. The molecule has 0 radical (unpaired) electrons. The van der Waals surface area contributed by atoms with Crippen LogP contribution >= 0.6 is 0 Å². The van der Waals surface area contributed by atoms with Gasteiger partial charge in [-0.3, -0.25) is 4.99 Å². The molecule has 0 atom stereocenters. The molecule has 0 aliphatic carbocycles. The Hall–Kier alpha value is -1.63. The molecule has 0 spiro atoms. The summed E-state index contributed by atoms with van der Waals surface area (Å²) in [7, 11) is 0.316. The minimum atomic E-state index is -3.17. The number of sulfone groups is 1. The topological polar surface area (TPSA) is 61.8 Å². The first kappa shape index (κ1) is 19.4. The zero-order valence-corrected chi connectivity index (χ0v) is 15.2. The number of hydrogen-bond donors (Lipinski definition) is 1. The molecule has 0 bridgehead atoms. The molecule has 1 aromatic carbocycles. The average Bonchev–Trinajstić information content (AvgIpc) is 2.44. The zero-order valence-electron chi connectivity index (χ0n) is 14.4. The summed E-state index contributed by atoms with van der Waals surface area (Å²) in [5, 5.41) is 3.05. The maximum absolute atomic E-state index is 12.9. The smallest absolute Gasteiger partial charge is 0.193 e. The fourth-order valence-electron chi connectivity index (χ4n) is 1.93. The van der Waals surface area contributed by atoms with Gasteiger partial charge in [-0.05, 0) is 38.5 Å². The van der Waals surface area contributed by atoms with Crippen LogP contribution in [0, 0.1) is 5.82 Å². The first-order valence-electron chi connectivity index (χ1n) is 7.45. The lowest BCUT2D eigenvalue weighted by atomic mass is 10.2. The largest absolute Gasteiger partial charge is 0.355 e. The van der Waals surface area contributed by atoms with Crippen molar-refractivity contribution in [1.29, 1.82) is 0 Å². The minimum absolute atomic E-state index is 0.0416. The summed E-state index contributed by atoms with van der Waals surface area (Å²) in [6.45, 7) is 5.92. The van der Waals surface area contributed by atoms with Crippen LogP contribution in [0.15, 0.2) is 29.3 Å². The van der Waals surface area contributed by atoms with Crippen molar-refractivity contribution in [2.45, 2.75) is 32.1 Å². The maximum Gasteiger partial charge on any atom is 0.193 e. The quantitative estimate of drug-likeness (QED) is 0.656. The van der Waals surface area contributed by atoms with Crippen molar-refractivity contribution in [3.8, 4) is 0 Å². The van der Waals surface area contributed by atoms with Gasteiger partial charge >= 0.3 is 0 Å². The number of nitrogens with zero attached hydrogens (tertiary/aromatic N) is 2. The highest BCUT2D eigenvalue weighted by atomic mass is 32.2. The highest BCUT2D eigenvalue weighted by Crippen LogP contribution is 2.15. The fourth-order valence-corrected chi connectivity index (χ4v) is 2.91. The van der Waals surface area contributed by atoms with Crippen LogP contribution in [0.1, 0.15) is 26.3 Å². The van der Waals surface area contributed by atoms with Crippen LogP contribution in [0.25, 0.3) is 0 Å². The third-order valence-corrected chi connectivity index (χ3v) is 6.10. The van der Waals surface area contributed by atoms with E-state index in [4.69, 9.17) is 0 Å². The van der Waals surface area contributed by atoms with Crippen molar-refractivity contribution in [3.05, 3.63) is 35.6 Å². The Bertz CT molecular complexity index is 634. The van der Waals surface area contributed by atoms with E-state index in [1.807, 2.05) is 11.9 Å². The van der Waals surface area contributed by atoms with Crippen molar-refractivity contribution < 1.29 is 12.8 Å². The summed E-state index contributed by atoms with van der Waals surface area (Å²) in [5.74, 6) is 0.365. The first-order valence-corrected chi connectivity index (χ1v) is 9.10. The molecule has 0 fully saturated rings. The Morgan fingerprint density at radius 2 is 1.83 bits per heavy atom. The molecular formula is C16H26FN3O2S. The standard InChI is InChI=1S/C16H26FN3O2S/c1-16(2,3)23(21,22)11-10-19-15(18-4)20(5)12-13-6-8-14(17)9-7-13/h6-9H,10-12H2,1-5H3,(H,18,19). The SMILES string of the molecule is CN=C(NCCS(=O)(=O)C(C)(C)C)N(C)Cc1ccc(F)cc1. The number of aliphatic imine (C=N–C) groups is 1. The average molecular weight is 343 g/mol. The normalized spacial score (nSPS) is 13.0. The highest BCUT2D eigenvalue weighted by molar-refractivity contribution is 7.92. The third kappa shape index (κ3) is 5.82. The monoisotopic (exact) mass is 343 g/mol. The third-order valence-electron chi connectivity index (χ3n) is 3.49. The van der Waals surface area contributed by atoms with E-state index >= 15 is 0 Å². The molecule has 0 aliphatic heterocycles. The summed E-state index contributed by atoms with van der Waals surface area (Å²) < 4.78 is 36.3. The van der Waals surface area contributed by atoms with Gasteiger partial charge in [0.15, 0.2) is 15.8 Å². The lowest BCUT2D eigenvalue weighted by molar-refractivity contribution is 0.477. The van der Waals surface area contributed by atoms with Crippen LogP contribution in [-0.2, 0) is 16.4 Å². The predicted octanol–water partition coefficient (Wildman–Crippen LogP) is 2.05. The van der Waals surface area contributed by atoms with Gasteiger partial charge in [-0.25, -0.2) is 12.8 Å². The molecule has 130 valence electrons. The Morgan fingerprint density at radius 3 is 2.30 bits per heavy atom. The van der Waals surface area contributed by atoms with E-state index in [9.17, 15) is 12.8 Å². The van der Waals surface area contributed by atoms with Crippen LogP contribution < -0.4 is 5.32 Å². The molecule has 5 nitrogen and oxygen atoms in total. The molecule has 0 saturated heterocycles. The van der Waals surface area contributed by atoms with Gasteiger partial charge in [-0.1, -0.05) is 12.1 Å². The van der Waals surface area contributed by atoms with Crippen molar-refractivity contribution in [2.75, 3.05) is 26.4 Å². The van der Waals surface area contributed by atoms with E-state index in [0.717, 1.165) is 5.56 Å². The summed E-state index contributed by atoms with van der Waals surface area (Å²) in [4.78, 5) is 6.00. The van der Waals surface area contributed by atoms with Crippen molar-refractivity contribution in [3.63, 3.8) is 0 Å². The van der Waals surface area contributed by atoms with Gasteiger partial charge in [0.25, 0.3) is 0 Å². The van der Waals surface area contributed by atoms with Crippen LogP contribution in [0.3, 0.4) is 0 Å². The highest BCUT2D eigenvalue weighted by Gasteiger charge is 2.28. The van der Waals surface area contributed by atoms with Gasteiger partial charge in [0, 0.05) is 27.2 Å². The molecule has 7 heteroatoms. The fraction of sp³-hybridized carbons (Fsp3) is 0.562. The van der Waals surface area contributed by atoms with E-state index < -0.39 is 14.6 Å². The van der Waals surface area contributed by atoms with Crippen molar-refractivity contribution >= 4 is 15.8 Å². The van der Waals surface area contributed by atoms with E-state index in [1.165, 1.54) is 12.1 Å². The van der Waals surface area contributed by atoms with Gasteiger partial charge in [0.2, 0.25) is 0 Å². The molecule has 0 amide bonds. The minimum Gasteiger partial charge on any atom is -0.355 e. The second-order valence-corrected chi connectivity index (χ2v) is 9.25. The van der Waals surface area contributed by atoms with Crippen molar-refractivity contribution in [2.24, 2.45) is 4.99 Å². The second-order valence-electron chi connectivity index (χ2n) is 6.39. The number of halogens is 1. The zero-order chi connectivity index (χ0) is 17.7. The van der Waals surface area contributed by atoms with Crippen LogP contribution in [-0.4, -0.2) is 50.4 Å². The molecule has 0 saturated carbocycles. The summed E-state index contributed by atoms with van der Waals surface area (Å²) in [5.41, 5.74) is 0.944. The van der Waals surface area contributed by atoms with E-state index in [0.29, 0.717) is 19.0 Å². The molecule has 1 N–H and O–H groups in total. The van der Waals surface area contributed by atoms with Crippen LogP contribution in [0.4, 0.5) is 4.39 Å². The van der Waals surface area contributed by atoms with E-state index in [1.54, 1.807) is 40.0 Å². The van der Waals surface area contributed by atoms with E-state index in [2.05, 4.69) is 10.3 Å². The van der Waals surface area contributed by atoms with Gasteiger partial charge in [-0.2, -0.15) is 0 Å². The van der Waals surface area contributed by atoms with Gasteiger partial charge in [0.1, 0.15) is 5.82 Å². The molecule has 23 heavy (non-hydrogen) atoms. The molecular weight excluding hydrogens is 317 g/mol. The molecule has 0 aliphatic rings. The molecule has 1 aromatic rings. The number of rotatable bonds is 5. The molecule has 1 rings (SSSR count). The number of guanidine groups is 1. The summed E-state index contributed by atoms with van der Waals surface area (Å²) in [6.07, 6.45) is 0. The number of benzene rings is 1. The number of hydrogen-bond acceptors (Lipinski definition) is 3. The van der Waals surface area contributed by atoms with Crippen LogP contribution in [0.2, 0.25) is 0 Å². The van der Waals surface area contributed by atoms with Crippen LogP contribution in [0.5, 0.6) is 0 Å². The van der Waals surface area contributed by atoms with Gasteiger partial charge < -0.3 is 10.2 Å². The maximum atomic E-state index is 12.9. The Labute approximate surface area is 138 Å². The van der Waals surface area contributed by atoms with E-state index in [-0.39, 0.29) is 11.6 Å². The summed E-state index contributed by atoms with van der Waals surface area (Å²) >= 11 is 0. The predicted molar refractivity (Wildman–Crippen MR) is 92.8 cm³/mol. The molecule has 0 unspecified atom stereocenters. The second kappa shape index (κ2) is 7.77. The van der Waals surface area contributed by atoms with Crippen molar-refractivity contribution in [1.82, 2.24) is 10.2 Å². The van der Waals surface area contributed by atoms with Gasteiger partial charge in [-0.15, -0.1) is 0 Å². The number of nitrogens with one attached hydrogen (secondary N) is 1. The summed E-state index contributed by atoms with van der Waals surface area (Å²) in [6, 6.07) is 6.25. The van der Waals surface area contributed by atoms with Gasteiger partial charge in [0.05, 0.1) is 10.5 Å². The Morgan fingerprint density at radius 1 is 1.26 bits per heavy atom. The first-order chi connectivity index (χ1) is 10.6.